The summed E-state index contributed by atoms with van der Waals surface area (Å²) < 4.78 is 0. The molecular formula is C13H17ClN2O3. The van der Waals surface area contributed by atoms with Gasteiger partial charge in [-0.3, -0.25) is 15.0 Å². The van der Waals surface area contributed by atoms with Crippen LogP contribution < -0.4 is 0 Å². The molecule has 0 aliphatic carbocycles. The normalized spacial score (nSPS) is 20.4. The molecule has 1 saturated heterocycles. The number of nitrogens with zero attached hydrogens (tertiary/aromatic N) is 2. The van der Waals surface area contributed by atoms with Gasteiger partial charge < -0.3 is 5.11 Å². The fraction of sp³-hybridized carbons (Fsp3) is 0.538. The molecule has 0 aromatic heterocycles. The van der Waals surface area contributed by atoms with Crippen LogP contribution in [0.2, 0.25) is 5.02 Å². The molecule has 1 aromatic rings. The van der Waals surface area contributed by atoms with E-state index in [0.29, 0.717) is 11.6 Å². The van der Waals surface area contributed by atoms with Gasteiger partial charge in [-0.05, 0) is 31.0 Å². The number of rotatable bonds is 4. The molecule has 1 aliphatic rings. The van der Waals surface area contributed by atoms with Gasteiger partial charge in [0.15, 0.2) is 0 Å². The number of hydrogen-bond donors (Lipinski definition) is 1. The molecule has 1 aromatic carbocycles. The highest BCUT2D eigenvalue weighted by Crippen LogP contribution is 2.26. The minimum atomic E-state index is -0.417. The quantitative estimate of drug-likeness (QED) is 0.682. The van der Waals surface area contributed by atoms with Crippen molar-refractivity contribution < 1.29 is 10.0 Å². The Labute approximate surface area is 116 Å². The third-order valence-corrected chi connectivity index (χ3v) is 3.94. The first kappa shape index (κ1) is 14.2. The van der Waals surface area contributed by atoms with E-state index in [2.05, 4.69) is 4.90 Å². The lowest BCUT2D eigenvalue weighted by Gasteiger charge is -2.34. The zero-order valence-electron chi connectivity index (χ0n) is 10.6. The molecule has 1 aliphatic heterocycles. The van der Waals surface area contributed by atoms with Crippen LogP contribution in [0.1, 0.15) is 24.8 Å². The van der Waals surface area contributed by atoms with Gasteiger partial charge in [-0.1, -0.05) is 18.0 Å². The van der Waals surface area contributed by atoms with Gasteiger partial charge in [0.1, 0.15) is 0 Å². The van der Waals surface area contributed by atoms with Gasteiger partial charge in [0.2, 0.25) is 0 Å². The van der Waals surface area contributed by atoms with Gasteiger partial charge in [-0.25, -0.2) is 0 Å². The van der Waals surface area contributed by atoms with E-state index >= 15 is 0 Å². The molecular weight excluding hydrogens is 268 g/mol. The summed E-state index contributed by atoms with van der Waals surface area (Å²) in [5, 5.41) is 20.7. The number of nitro groups is 1. The van der Waals surface area contributed by atoms with Crippen LogP contribution in [0, 0.1) is 10.1 Å². The minimum absolute atomic E-state index is 0.0527. The highest BCUT2D eigenvalue weighted by molar-refractivity contribution is 6.31. The summed E-state index contributed by atoms with van der Waals surface area (Å²) in [6.07, 6.45) is 3.16. The van der Waals surface area contributed by atoms with Crippen LogP contribution in [0.25, 0.3) is 0 Å². The van der Waals surface area contributed by atoms with Crippen molar-refractivity contribution in [3.63, 3.8) is 0 Å². The summed E-state index contributed by atoms with van der Waals surface area (Å²) in [7, 11) is 0. The number of piperidine rings is 1. The summed E-state index contributed by atoms with van der Waals surface area (Å²) in [4.78, 5) is 12.5. The lowest BCUT2D eigenvalue weighted by Crippen LogP contribution is -2.41. The second-order valence-corrected chi connectivity index (χ2v) is 5.24. The largest absolute Gasteiger partial charge is 0.395 e. The molecule has 1 heterocycles. The molecule has 19 heavy (non-hydrogen) atoms. The first-order chi connectivity index (χ1) is 9.11. The first-order valence-corrected chi connectivity index (χ1v) is 6.77. The van der Waals surface area contributed by atoms with Crippen LogP contribution in [0.4, 0.5) is 5.69 Å². The molecule has 104 valence electrons. The summed E-state index contributed by atoms with van der Waals surface area (Å²) in [5.41, 5.74) is 0.799. The molecule has 0 bridgehead atoms. The third-order valence-electron chi connectivity index (χ3n) is 3.57. The van der Waals surface area contributed by atoms with Gasteiger partial charge in [0.25, 0.3) is 5.69 Å². The summed E-state index contributed by atoms with van der Waals surface area (Å²) in [5.74, 6) is 0. The van der Waals surface area contributed by atoms with E-state index in [1.807, 2.05) is 0 Å². The van der Waals surface area contributed by atoms with E-state index in [9.17, 15) is 15.2 Å². The van der Waals surface area contributed by atoms with Gasteiger partial charge in [0, 0.05) is 29.7 Å². The SMILES string of the molecule is O=[N+]([O-])c1ccc(Cl)c(CN2CCCCC2CO)c1. The van der Waals surface area contributed by atoms with E-state index in [1.165, 1.54) is 12.1 Å². The predicted octanol–water partition coefficient (Wildman–Crippen LogP) is 2.60. The Morgan fingerprint density at radius 3 is 2.95 bits per heavy atom. The van der Waals surface area contributed by atoms with Crippen LogP contribution in [0.3, 0.4) is 0 Å². The highest BCUT2D eigenvalue weighted by atomic mass is 35.5. The molecule has 0 radical (unpaired) electrons. The molecule has 0 spiro atoms. The number of benzene rings is 1. The van der Waals surface area contributed by atoms with Crippen molar-refractivity contribution >= 4 is 17.3 Å². The standard InChI is InChI=1S/C13H17ClN2O3/c14-13-5-4-11(16(18)19)7-10(13)8-15-6-2-1-3-12(15)9-17/h4-5,7,12,17H,1-3,6,8-9H2. The molecule has 1 N–H and O–H groups in total. The molecule has 5 nitrogen and oxygen atoms in total. The molecule has 1 fully saturated rings. The zero-order valence-corrected chi connectivity index (χ0v) is 11.3. The van der Waals surface area contributed by atoms with Crippen LogP contribution in [-0.2, 0) is 6.54 Å². The van der Waals surface area contributed by atoms with Crippen molar-refractivity contribution in [3.8, 4) is 0 Å². The Morgan fingerprint density at radius 2 is 2.26 bits per heavy atom. The molecule has 6 heteroatoms. The third kappa shape index (κ3) is 3.43. The van der Waals surface area contributed by atoms with Crippen LogP contribution >= 0.6 is 11.6 Å². The van der Waals surface area contributed by atoms with Crippen molar-refractivity contribution in [2.24, 2.45) is 0 Å². The lowest BCUT2D eigenvalue weighted by atomic mass is 10.0. The van der Waals surface area contributed by atoms with E-state index < -0.39 is 4.92 Å². The number of likely N-dealkylation sites (tertiary alicyclic amines) is 1. The van der Waals surface area contributed by atoms with Gasteiger partial charge >= 0.3 is 0 Å². The Morgan fingerprint density at radius 1 is 1.47 bits per heavy atom. The molecule has 1 unspecified atom stereocenters. The monoisotopic (exact) mass is 284 g/mol. The number of aliphatic hydroxyl groups is 1. The average Bonchev–Trinajstić information content (AvgIpc) is 2.41. The van der Waals surface area contributed by atoms with E-state index in [0.717, 1.165) is 31.4 Å². The Kier molecular flexibility index (Phi) is 4.74. The number of nitro benzene ring substituents is 1. The number of hydrogen-bond acceptors (Lipinski definition) is 4. The topological polar surface area (TPSA) is 66.6 Å². The molecule has 0 saturated carbocycles. The molecule has 0 amide bonds. The Balaban J connectivity index is 2.17. The van der Waals surface area contributed by atoms with Crippen molar-refractivity contribution in [2.75, 3.05) is 13.2 Å². The molecule has 1 atom stereocenters. The van der Waals surface area contributed by atoms with E-state index in [-0.39, 0.29) is 18.3 Å². The maximum Gasteiger partial charge on any atom is 0.269 e. The van der Waals surface area contributed by atoms with Crippen molar-refractivity contribution in [1.29, 1.82) is 0 Å². The first-order valence-electron chi connectivity index (χ1n) is 6.39. The average molecular weight is 285 g/mol. The van der Waals surface area contributed by atoms with Crippen molar-refractivity contribution in [2.45, 2.75) is 31.8 Å². The van der Waals surface area contributed by atoms with Crippen LogP contribution in [0.5, 0.6) is 0 Å². The summed E-state index contributed by atoms with van der Waals surface area (Å²) in [6, 6.07) is 4.62. The summed E-state index contributed by atoms with van der Waals surface area (Å²) >= 11 is 6.10. The summed E-state index contributed by atoms with van der Waals surface area (Å²) in [6.45, 7) is 1.56. The minimum Gasteiger partial charge on any atom is -0.395 e. The lowest BCUT2D eigenvalue weighted by molar-refractivity contribution is -0.384. The van der Waals surface area contributed by atoms with Crippen molar-refractivity contribution in [1.82, 2.24) is 4.90 Å². The number of halogens is 1. The number of aliphatic hydroxyl groups excluding tert-OH is 1. The number of non-ortho nitro benzene ring substituents is 1. The van der Waals surface area contributed by atoms with E-state index in [1.54, 1.807) is 6.07 Å². The smallest absolute Gasteiger partial charge is 0.269 e. The van der Waals surface area contributed by atoms with Gasteiger partial charge in [-0.15, -0.1) is 0 Å². The molecule has 2 rings (SSSR count). The van der Waals surface area contributed by atoms with Crippen molar-refractivity contribution in [3.05, 3.63) is 38.9 Å². The highest BCUT2D eigenvalue weighted by Gasteiger charge is 2.23. The van der Waals surface area contributed by atoms with E-state index in [4.69, 9.17) is 11.6 Å². The Bertz CT molecular complexity index is 467. The zero-order chi connectivity index (χ0) is 13.8. The van der Waals surface area contributed by atoms with Gasteiger partial charge in [0.05, 0.1) is 11.5 Å². The maximum absolute atomic E-state index is 10.8. The second kappa shape index (κ2) is 6.32. The fourth-order valence-corrected chi connectivity index (χ4v) is 2.67. The van der Waals surface area contributed by atoms with Crippen LogP contribution in [0.15, 0.2) is 18.2 Å². The Hall–Kier alpha value is -1.17. The second-order valence-electron chi connectivity index (χ2n) is 4.84. The van der Waals surface area contributed by atoms with Gasteiger partial charge in [-0.2, -0.15) is 0 Å². The van der Waals surface area contributed by atoms with Crippen LogP contribution in [-0.4, -0.2) is 34.1 Å². The fourth-order valence-electron chi connectivity index (χ4n) is 2.49. The predicted molar refractivity (Wildman–Crippen MR) is 73.2 cm³/mol. The maximum atomic E-state index is 10.8.